The highest BCUT2D eigenvalue weighted by Crippen LogP contribution is 2.41. The number of aromatic nitrogens is 2. The molecular weight excluding hydrogens is 649 g/mol. The molecule has 0 aromatic carbocycles. The van der Waals surface area contributed by atoms with Gasteiger partial charge in [-0.05, 0) is 39.7 Å². The highest BCUT2D eigenvalue weighted by atomic mass is 32.2. The van der Waals surface area contributed by atoms with Gasteiger partial charge < -0.3 is 20.9 Å². The summed E-state index contributed by atoms with van der Waals surface area (Å²) in [6.07, 6.45) is 0. The Labute approximate surface area is 268 Å². The van der Waals surface area contributed by atoms with Crippen molar-refractivity contribution in [1.82, 2.24) is 36.4 Å². The minimum Gasteiger partial charge on any atom is -0.593 e. The minimum atomic E-state index is -1.32. The number of carboxylic acids is 1. The molecule has 0 spiro atoms. The number of rotatable bonds is 9. The number of hydrazine groups is 1. The molecule has 3 atom stereocenters. The zero-order chi connectivity index (χ0) is 32.6. The molecule has 7 amide bonds. The number of amides is 7. The van der Waals surface area contributed by atoms with E-state index in [0.717, 1.165) is 21.7 Å². The van der Waals surface area contributed by atoms with E-state index in [1.807, 2.05) is 26.1 Å². The molecule has 19 heteroatoms. The number of nitrogens with zero attached hydrogens (tertiary/aromatic N) is 4. The number of thiophene rings is 1. The first-order chi connectivity index (χ1) is 21.2. The average Bonchev–Trinajstić information content (AvgIpc) is 3.61. The Bertz CT molecular complexity index is 1610. The van der Waals surface area contributed by atoms with Gasteiger partial charge in [-0.3, -0.25) is 24.6 Å². The Morgan fingerprint density at radius 2 is 2.00 bits per heavy atom. The van der Waals surface area contributed by atoms with Gasteiger partial charge in [-0.25, -0.2) is 24.8 Å². The van der Waals surface area contributed by atoms with E-state index in [4.69, 9.17) is 0 Å². The number of aliphatic carboxylic acids is 1. The fourth-order valence-corrected chi connectivity index (χ4v) is 7.75. The van der Waals surface area contributed by atoms with Gasteiger partial charge in [-0.15, -0.1) is 23.1 Å². The molecule has 2 unspecified atom stereocenters. The number of fused-ring (bicyclic) bond motifs is 1. The highest BCUT2D eigenvalue weighted by Gasteiger charge is 2.54. The molecule has 5 rings (SSSR count). The number of β-lactam (4-membered cyclic amide) rings is 1. The Morgan fingerprint density at radius 3 is 2.60 bits per heavy atom. The predicted molar refractivity (Wildman–Crippen MR) is 161 cm³/mol. The van der Waals surface area contributed by atoms with Crippen LogP contribution >= 0.6 is 34.9 Å². The van der Waals surface area contributed by atoms with Crippen LogP contribution in [0.25, 0.3) is 0 Å². The van der Waals surface area contributed by atoms with Crippen LogP contribution in [0.4, 0.5) is 9.59 Å². The fourth-order valence-electron chi connectivity index (χ4n) is 4.63. The lowest BCUT2D eigenvalue weighted by molar-refractivity contribution is -0.707. The Morgan fingerprint density at radius 1 is 1.24 bits per heavy atom. The summed E-state index contributed by atoms with van der Waals surface area (Å²) in [4.78, 5) is 76.7. The third kappa shape index (κ3) is 6.69. The summed E-state index contributed by atoms with van der Waals surface area (Å²) in [6.45, 7) is 5.39. The van der Waals surface area contributed by atoms with Gasteiger partial charge in [0.2, 0.25) is 11.8 Å². The highest BCUT2D eigenvalue weighted by molar-refractivity contribution is 8.01. The van der Waals surface area contributed by atoms with Crippen molar-refractivity contribution in [3.05, 3.63) is 56.7 Å². The molecule has 3 aliphatic heterocycles. The molecule has 2 saturated heterocycles. The van der Waals surface area contributed by atoms with Crippen molar-refractivity contribution >= 4 is 70.6 Å². The second-order valence-electron chi connectivity index (χ2n) is 11.1. The van der Waals surface area contributed by atoms with Crippen molar-refractivity contribution in [2.75, 3.05) is 18.1 Å². The maximum Gasteiger partial charge on any atom is 0.352 e. The molecule has 45 heavy (non-hydrogen) atoms. The van der Waals surface area contributed by atoms with Crippen molar-refractivity contribution in [1.29, 1.82) is 0 Å². The standard InChI is InChI=1S/C26H28N8O8S3/c1-26(2,3)14-6-7-16(34(42)30-14)44-10-12-11-45-22-18(21(37)33(22)19(12)23(38)39)28-20(36)17(13-5-4-8-43-13)29-24(40)31-32-9-15(35)27-25(32)41/h4-8,17-18,22H,9-11H2,1-3H3,(H,28,36)(H,38,39)(H,27,35,41)(H2,29,31,40)/t17?,18-,22?/m0/s1. The van der Waals surface area contributed by atoms with E-state index >= 15 is 0 Å². The molecule has 3 aliphatic rings. The number of carbonyl (C=O) groups is 6. The second-order valence-corrected chi connectivity index (χ2v) is 14.2. The molecule has 2 aromatic heterocycles. The van der Waals surface area contributed by atoms with Gasteiger partial charge in [-0.1, -0.05) is 26.8 Å². The summed E-state index contributed by atoms with van der Waals surface area (Å²) in [5.74, 6) is -2.94. The Kier molecular flexibility index (Phi) is 8.95. The van der Waals surface area contributed by atoms with E-state index in [9.17, 15) is 39.1 Å². The van der Waals surface area contributed by atoms with E-state index < -0.39 is 59.8 Å². The van der Waals surface area contributed by atoms with Gasteiger partial charge in [0.05, 0.1) is 0 Å². The Balaban J connectivity index is 1.26. The summed E-state index contributed by atoms with van der Waals surface area (Å²) in [6, 6.07) is 2.52. The molecular formula is C26H28N8O8S3. The first kappa shape index (κ1) is 32.0. The van der Waals surface area contributed by atoms with Crippen molar-refractivity contribution in [3.63, 3.8) is 0 Å². The van der Waals surface area contributed by atoms with Crippen molar-refractivity contribution in [2.45, 2.75) is 48.7 Å². The third-order valence-electron chi connectivity index (χ3n) is 6.88. The lowest BCUT2D eigenvalue weighted by Crippen LogP contribution is -2.71. The lowest BCUT2D eigenvalue weighted by Gasteiger charge is -2.49. The van der Waals surface area contributed by atoms with E-state index in [1.165, 1.54) is 23.1 Å². The molecule has 238 valence electrons. The van der Waals surface area contributed by atoms with Crippen LogP contribution in [0.5, 0.6) is 0 Å². The molecule has 0 radical (unpaired) electrons. The number of hydrogen-bond acceptors (Lipinski definition) is 11. The number of carbonyl (C=O) groups excluding carboxylic acids is 5. The number of imide groups is 1. The minimum absolute atomic E-state index is 0.126. The summed E-state index contributed by atoms with van der Waals surface area (Å²) in [5, 5.41) is 35.7. The molecule has 16 nitrogen and oxygen atoms in total. The van der Waals surface area contributed by atoms with Gasteiger partial charge in [0.15, 0.2) is 0 Å². The smallest absolute Gasteiger partial charge is 0.352 e. The molecule has 5 heterocycles. The molecule has 0 saturated carbocycles. The number of hydrogen-bond donors (Lipinski definition) is 5. The van der Waals surface area contributed by atoms with E-state index in [2.05, 4.69) is 21.2 Å². The summed E-state index contributed by atoms with van der Waals surface area (Å²) < 4.78 is 0. The molecule has 5 N–H and O–H groups in total. The normalized spacial score (nSPS) is 20.3. The zero-order valence-corrected chi connectivity index (χ0v) is 26.5. The lowest BCUT2D eigenvalue weighted by atomic mass is 9.92. The fraction of sp³-hybridized carbons (Fsp3) is 0.385. The predicted octanol–water partition coefficient (Wildman–Crippen LogP) is 0.412. The largest absolute Gasteiger partial charge is 0.593 e. The Hall–Kier alpha value is -4.36. The number of thioether (sulfide) groups is 2. The van der Waals surface area contributed by atoms with E-state index in [0.29, 0.717) is 21.0 Å². The van der Waals surface area contributed by atoms with Gasteiger partial charge in [-0.2, -0.15) is 0 Å². The molecule has 2 fully saturated rings. The number of nitrogens with one attached hydrogen (secondary N) is 4. The first-order valence-electron chi connectivity index (χ1n) is 13.4. The van der Waals surface area contributed by atoms with Crippen LogP contribution < -0.4 is 26.2 Å². The number of carboxylic acid groups (broad SMARTS) is 1. The summed E-state index contributed by atoms with van der Waals surface area (Å²) >= 11 is 3.53. The quantitative estimate of drug-likeness (QED) is 0.0806. The van der Waals surface area contributed by atoms with E-state index in [1.54, 1.807) is 29.6 Å². The second kappa shape index (κ2) is 12.6. The van der Waals surface area contributed by atoms with Crippen LogP contribution in [0.15, 0.2) is 45.9 Å². The summed E-state index contributed by atoms with van der Waals surface area (Å²) in [7, 11) is 0. The van der Waals surface area contributed by atoms with Gasteiger partial charge in [0.1, 0.15) is 35.4 Å². The topological polar surface area (TPSA) is 217 Å². The van der Waals surface area contributed by atoms with Crippen LogP contribution in [-0.4, -0.2) is 85.3 Å². The van der Waals surface area contributed by atoms with Crippen LogP contribution in [-0.2, 0) is 24.6 Å². The SMILES string of the molecule is CC(C)(C)c1ccc(SCC2=C(C(=O)O)N3C(=O)[C@H](NC(=O)C(NC(=O)NN4CC(=O)NC4=O)c4cccs4)C3SC2)[n+]([O-])n1. The summed E-state index contributed by atoms with van der Waals surface area (Å²) in [5.41, 5.74) is 2.71. The number of urea groups is 2. The monoisotopic (exact) mass is 676 g/mol. The van der Waals surface area contributed by atoms with Crippen molar-refractivity contribution in [2.24, 2.45) is 0 Å². The van der Waals surface area contributed by atoms with E-state index in [-0.39, 0.29) is 27.6 Å². The van der Waals surface area contributed by atoms with Crippen LogP contribution in [0.2, 0.25) is 0 Å². The van der Waals surface area contributed by atoms with Crippen LogP contribution in [0, 0.1) is 5.21 Å². The third-order valence-corrected chi connectivity index (χ3v) is 10.2. The van der Waals surface area contributed by atoms with Gasteiger partial charge in [0, 0.05) is 33.0 Å². The van der Waals surface area contributed by atoms with Crippen molar-refractivity contribution < 1.29 is 38.7 Å². The van der Waals surface area contributed by atoms with Gasteiger partial charge in [0.25, 0.3) is 10.9 Å². The van der Waals surface area contributed by atoms with Crippen LogP contribution in [0.3, 0.4) is 0 Å². The molecule has 0 aliphatic carbocycles. The molecule has 2 aromatic rings. The van der Waals surface area contributed by atoms with Crippen LogP contribution in [0.1, 0.15) is 37.4 Å². The first-order valence-corrected chi connectivity index (χ1v) is 16.3. The maximum absolute atomic E-state index is 13.4. The van der Waals surface area contributed by atoms with Crippen molar-refractivity contribution in [3.8, 4) is 0 Å². The zero-order valence-electron chi connectivity index (χ0n) is 24.1. The average molecular weight is 677 g/mol. The maximum atomic E-state index is 13.4. The molecule has 0 bridgehead atoms. The van der Waals surface area contributed by atoms with Gasteiger partial charge >= 0.3 is 18.0 Å².